The molecule has 2 aromatic rings. The van der Waals surface area contributed by atoms with Crippen molar-refractivity contribution in [3.63, 3.8) is 0 Å². The number of amides is 1. The number of nitrogens with one attached hydrogen (secondary N) is 1. The van der Waals surface area contributed by atoms with E-state index in [1.54, 1.807) is 19.3 Å². The highest BCUT2D eigenvalue weighted by molar-refractivity contribution is 7.80. The van der Waals surface area contributed by atoms with Gasteiger partial charge in [0.1, 0.15) is 23.3 Å². The monoisotopic (exact) mass is 414 g/mol. The van der Waals surface area contributed by atoms with E-state index in [0.717, 1.165) is 28.9 Å². The number of methoxy groups -OCH3 is 1. The van der Waals surface area contributed by atoms with Crippen molar-refractivity contribution < 1.29 is 14.3 Å². The molecule has 0 aliphatic carbocycles. The molecule has 0 aromatic heterocycles. The first-order chi connectivity index (χ1) is 13.5. The van der Waals surface area contributed by atoms with Crippen molar-refractivity contribution in [1.82, 2.24) is 10.2 Å². The van der Waals surface area contributed by atoms with Crippen LogP contribution < -0.4 is 14.8 Å². The van der Waals surface area contributed by atoms with Gasteiger partial charge in [-0.2, -0.15) is 0 Å². The molecule has 1 unspecified atom stereocenters. The summed E-state index contributed by atoms with van der Waals surface area (Å²) < 4.78 is 11.3. The number of benzene rings is 2. The minimum Gasteiger partial charge on any atom is -0.496 e. The van der Waals surface area contributed by atoms with Gasteiger partial charge in [-0.25, -0.2) is 0 Å². The predicted molar refractivity (Wildman–Crippen MR) is 113 cm³/mol. The van der Waals surface area contributed by atoms with Crippen LogP contribution in [0.4, 0.5) is 0 Å². The van der Waals surface area contributed by atoms with Crippen molar-refractivity contribution in [2.75, 3.05) is 7.11 Å². The number of halogens is 1. The van der Waals surface area contributed by atoms with Crippen molar-refractivity contribution in [2.24, 2.45) is 0 Å². The number of nitrogens with zero attached hydrogens (tertiary/aromatic N) is 1. The van der Waals surface area contributed by atoms with Gasteiger partial charge in [0.25, 0.3) is 5.91 Å². The number of carbonyl (C=O) groups is 1. The molecule has 2 aliphatic heterocycles. The second kappa shape index (κ2) is 7.45. The third-order valence-corrected chi connectivity index (χ3v) is 5.49. The molecule has 0 saturated carbocycles. The minimum atomic E-state index is -0.207. The highest BCUT2D eigenvalue weighted by Gasteiger charge is 2.31. The maximum atomic E-state index is 12.9. The van der Waals surface area contributed by atoms with Gasteiger partial charge in [0.2, 0.25) is 0 Å². The van der Waals surface area contributed by atoms with Gasteiger partial charge in [0, 0.05) is 22.6 Å². The lowest BCUT2D eigenvalue weighted by Gasteiger charge is -2.14. The van der Waals surface area contributed by atoms with Gasteiger partial charge in [-0.1, -0.05) is 29.8 Å². The molecule has 1 saturated heterocycles. The van der Waals surface area contributed by atoms with Crippen LogP contribution in [0.3, 0.4) is 0 Å². The van der Waals surface area contributed by atoms with Gasteiger partial charge < -0.3 is 14.8 Å². The quantitative estimate of drug-likeness (QED) is 0.606. The Bertz CT molecular complexity index is 1010. The average molecular weight is 415 g/mol. The summed E-state index contributed by atoms with van der Waals surface area (Å²) in [6.07, 6.45) is 2.72. The summed E-state index contributed by atoms with van der Waals surface area (Å²) in [5.41, 5.74) is 3.09. The largest absolute Gasteiger partial charge is 0.496 e. The zero-order chi connectivity index (χ0) is 19.8. The number of rotatable bonds is 4. The Balaban J connectivity index is 1.63. The van der Waals surface area contributed by atoms with Crippen LogP contribution in [0.15, 0.2) is 42.1 Å². The van der Waals surface area contributed by atoms with Gasteiger partial charge in [-0.15, -0.1) is 0 Å². The Morgan fingerprint density at radius 3 is 2.93 bits per heavy atom. The van der Waals surface area contributed by atoms with Crippen LogP contribution in [0.5, 0.6) is 11.5 Å². The van der Waals surface area contributed by atoms with Crippen molar-refractivity contribution in [3.05, 3.63) is 63.8 Å². The van der Waals surface area contributed by atoms with Crippen molar-refractivity contribution in [3.8, 4) is 11.5 Å². The Kier molecular flexibility index (Phi) is 5.00. The molecule has 0 bridgehead atoms. The van der Waals surface area contributed by atoms with E-state index >= 15 is 0 Å². The van der Waals surface area contributed by atoms with Crippen molar-refractivity contribution >= 4 is 40.9 Å². The van der Waals surface area contributed by atoms with Crippen LogP contribution in [0.2, 0.25) is 5.02 Å². The lowest BCUT2D eigenvalue weighted by molar-refractivity contribution is -0.122. The molecule has 144 valence electrons. The Labute approximate surface area is 173 Å². The molecular formula is C21H19ClN2O3S. The van der Waals surface area contributed by atoms with Gasteiger partial charge in [0.05, 0.1) is 13.7 Å². The zero-order valence-corrected chi connectivity index (χ0v) is 17.1. The third-order valence-electron chi connectivity index (χ3n) is 4.80. The predicted octanol–water partition coefficient (Wildman–Crippen LogP) is 3.93. The second-order valence-electron chi connectivity index (χ2n) is 6.81. The summed E-state index contributed by atoms with van der Waals surface area (Å²) in [4.78, 5) is 14.4. The van der Waals surface area contributed by atoms with E-state index in [-0.39, 0.29) is 12.0 Å². The number of hydrogen-bond donors (Lipinski definition) is 1. The number of fused-ring (bicyclic) bond motifs is 1. The smallest absolute Gasteiger partial charge is 0.276 e. The summed E-state index contributed by atoms with van der Waals surface area (Å²) in [6.45, 7) is 2.33. The summed E-state index contributed by atoms with van der Waals surface area (Å²) in [5.74, 6) is 1.30. The summed E-state index contributed by atoms with van der Waals surface area (Å²) in [6, 6.07) is 11.3. The van der Waals surface area contributed by atoms with Crippen LogP contribution in [0.25, 0.3) is 6.08 Å². The maximum Gasteiger partial charge on any atom is 0.276 e. The highest BCUT2D eigenvalue weighted by Crippen LogP contribution is 2.36. The van der Waals surface area contributed by atoms with Crippen molar-refractivity contribution in [2.45, 2.75) is 26.0 Å². The van der Waals surface area contributed by atoms with E-state index in [0.29, 0.717) is 28.1 Å². The topological polar surface area (TPSA) is 50.8 Å². The summed E-state index contributed by atoms with van der Waals surface area (Å²) in [7, 11) is 1.61. The fourth-order valence-electron chi connectivity index (χ4n) is 3.41. The molecule has 1 amide bonds. The first-order valence-corrected chi connectivity index (χ1v) is 9.70. The normalized spacial score (nSPS) is 19.6. The molecule has 2 aromatic carbocycles. The molecule has 2 heterocycles. The van der Waals surface area contributed by atoms with Crippen molar-refractivity contribution in [1.29, 1.82) is 0 Å². The molecule has 28 heavy (non-hydrogen) atoms. The number of ether oxygens (including phenoxy) is 2. The van der Waals surface area contributed by atoms with Gasteiger partial charge in [-0.3, -0.25) is 9.69 Å². The SMILES string of the molecule is COc1cc2c(cc1/C=C1\NC(=S)N(Cc3ccccc3Cl)C1=O)OC(C)C2. The molecule has 1 fully saturated rings. The van der Waals surface area contributed by atoms with Gasteiger partial charge in [0.15, 0.2) is 5.11 Å². The van der Waals surface area contributed by atoms with Crippen LogP contribution in [-0.2, 0) is 17.8 Å². The van der Waals surface area contributed by atoms with Crippen LogP contribution >= 0.6 is 23.8 Å². The van der Waals surface area contributed by atoms with Gasteiger partial charge >= 0.3 is 0 Å². The fraction of sp³-hybridized carbons (Fsp3) is 0.238. The number of hydrogen-bond acceptors (Lipinski definition) is 4. The van der Waals surface area contributed by atoms with E-state index in [9.17, 15) is 4.79 Å². The third kappa shape index (κ3) is 3.45. The summed E-state index contributed by atoms with van der Waals surface area (Å²) in [5, 5.41) is 3.95. The zero-order valence-electron chi connectivity index (χ0n) is 15.5. The van der Waals surface area contributed by atoms with E-state index in [1.807, 2.05) is 37.3 Å². The van der Waals surface area contributed by atoms with E-state index < -0.39 is 0 Å². The Morgan fingerprint density at radius 1 is 1.39 bits per heavy atom. The lowest BCUT2D eigenvalue weighted by atomic mass is 10.1. The van der Waals surface area contributed by atoms with E-state index in [2.05, 4.69) is 5.32 Å². The molecule has 2 aliphatic rings. The standard InChI is InChI=1S/C21H19ClN2O3S/c1-12-7-14-9-18(26-2)15(10-19(14)27-12)8-17-20(25)24(21(28)23-17)11-13-5-3-4-6-16(13)22/h3-6,8-10,12H,7,11H2,1-2H3,(H,23,28)/b17-8-. The average Bonchev–Trinajstić information content (AvgIpc) is 3.15. The van der Waals surface area contributed by atoms with Gasteiger partial charge in [-0.05, 0) is 49.0 Å². The first kappa shape index (κ1) is 18.8. The molecule has 5 nitrogen and oxygen atoms in total. The van der Waals surface area contributed by atoms with E-state index in [1.165, 1.54) is 4.90 Å². The minimum absolute atomic E-state index is 0.132. The fourth-order valence-corrected chi connectivity index (χ4v) is 3.87. The summed E-state index contributed by atoms with van der Waals surface area (Å²) >= 11 is 11.6. The number of carbonyl (C=O) groups excluding carboxylic acids is 1. The van der Waals surface area contributed by atoms with Crippen LogP contribution in [-0.4, -0.2) is 29.1 Å². The number of thiocarbonyl (C=S) groups is 1. The lowest BCUT2D eigenvalue weighted by Crippen LogP contribution is -2.30. The van der Waals surface area contributed by atoms with Crippen LogP contribution in [0.1, 0.15) is 23.6 Å². The highest BCUT2D eigenvalue weighted by atomic mass is 35.5. The molecule has 1 atom stereocenters. The first-order valence-electron chi connectivity index (χ1n) is 8.91. The Morgan fingerprint density at radius 2 is 2.18 bits per heavy atom. The van der Waals surface area contributed by atoms with E-state index in [4.69, 9.17) is 33.3 Å². The van der Waals surface area contributed by atoms with Crippen LogP contribution in [0, 0.1) is 0 Å². The molecule has 7 heteroatoms. The maximum absolute atomic E-state index is 12.9. The molecule has 1 N–H and O–H groups in total. The molecule has 0 radical (unpaired) electrons. The molecular weight excluding hydrogens is 396 g/mol. The molecule has 0 spiro atoms. The second-order valence-corrected chi connectivity index (χ2v) is 7.60. The molecule has 4 rings (SSSR count). The Hall–Kier alpha value is -2.57.